The van der Waals surface area contributed by atoms with Crippen LogP contribution in [-0.2, 0) is 11.9 Å². The third-order valence-electron chi connectivity index (χ3n) is 2.76. The quantitative estimate of drug-likeness (QED) is 0.579. The molecule has 1 aromatic carbocycles. The summed E-state index contributed by atoms with van der Waals surface area (Å²) in [5.74, 6) is 0.727. The predicted molar refractivity (Wildman–Crippen MR) is 86.7 cm³/mol. The van der Waals surface area contributed by atoms with E-state index in [0.717, 1.165) is 5.38 Å². The van der Waals surface area contributed by atoms with Gasteiger partial charge in [0.1, 0.15) is 5.82 Å². The van der Waals surface area contributed by atoms with Gasteiger partial charge in [0.2, 0.25) is 0 Å². The summed E-state index contributed by atoms with van der Waals surface area (Å²) < 4.78 is 50.5. The summed E-state index contributed by atoms with van der Waals surface area (Å²) in [6, 6.07) is 5.78. The topological polar surface area (TPSA) is 54.0 Å². The Kier molecular flexibility index (Phi) is 6.44. The van der Waals surface area contributed by atoms with E-state index in [4.69, 9.17) is 0 Å². The second kappa shape index (κ2) is 8.34. The van der Waals surface area contributed by atoms with Crippen molar-refractivity contribution in [2.45, 2.75) is 11.9 Å². The lowest BCUT2D eigenvalue weighted by Crippen LogP contribution is -2.30. The molecule has 0 aliphatic rings. The lowest BCUT2D eigenvalue weighted by atomic mass is 10.2. The summed E-state index contributed by atoms with van der Waals surface area (Å²) in [6.45, 7) is 0.294. The molecule has 0 fully saturated rings. The van der Waals surface area contributed by atoms with Gasteiger partial charge in [0.25, 0.3) is 0 Å². The Morgan fingerprint density at radius 3 is 2.71 bits per heavy atom. The van der Waals surface area contributed by atoms with Gasteiger partial charge in [0.15, 0.2) is 10.8 Å². The molecule has 0 aliphatic carbocycles. The van der Waals surface area contributed by atoms with Crippen LogP contribution in [0.15, 0.2) is 29.6 Å². The highest BCUT2D eigenvalue weighted by molar-refractivity contribution is 7.98. The van der Waals surface area contributed by atoms with Crippen molar-refractivity contribution in [3.8, 4) is 0 Å². The fraction of sp³-hybridized carbons (Fsp3) is 0.286. The molecule has 0 saturated carbocycles. The molecule has 2 amide bonds. The number of anilines is 1. The molecule has 0 radical (unpaired) electrons. The predicted octanol–water partition coefficient (Wildman–Crippen LogP) is 4.36. The van der Waals surface area contributed by atoms with Crippen LogP contribution in [0.25, 0.3) is 0 Å². The van der Waals surface area contributed by atoms with E-state index in [2.05, 4.69) is 15.6 Å². The van der Waals surface area contributed by atoms with E-state index in [1.165, 1.54) is 17.8 Å². The number of urea groups is 1. The molecule has 1 heterocycles. The minimum atomic E-state index is -4.53. The lowest BCUT2D eigenvalue weighted by molar-refractivity contribution is -0.140. The van der Waals surface area contributed by atoms with E-state index in [1.807, 2.05) is 0 Å². The Morgan fingerprint density at radius 2 is 2.04 bits per heavy atom. The summed E-state index contributed by atoms with van der Waals surface area (Å²) >= 11 is 2.13. The maximum absolute atomic E-state index is 13.4. The monoisotopic (exact) mass is 379 g/mol. The van der Waals surface area contributed by atoms with Crippen molar-refractivity contribution in [1.29, 1.82) is 0 Å². The first-order valence-electron chi connectivity index (χ1n) is 6.75. The Labute approximate surface area is 143 Å². The number of thioether (sulfide) groups is 1. The Hall–Kier alpha value is -1.81. The van der Waals surface area contributed by atoms with Crippen molar-refractivity contribution in [2.75, 3.05) is 17.6 Å². The van der Waals surface area contributed by atoms with Crippen LogP contribution in [0.5, 0.6) is 0 Å². The van der Waals surface area contributed by atoms with Crippen molar-refractivity contribution in [1.82, 2.24) is 10.3 Å². The van der Waals surface area contributed by atoms with Crippen LogP contribution in [0.2, 0.25) is 0 Å². The van der Waals surface area contributed by atoms with Gasteiger partial charge in [0.05, 0.1) is 0 Å². The fourth-order valence-electron chi connectivity index (χ4n) is 1.64. The van der Waals surface area contributed by atoms with Gasteiger partial charge in [-0.15, -0.1) is 11.3 Å². The van der Waals surface area contributed by atoms with Crippen molar-refractivity contribution >= 4 is 34.3 Å². The molecule has 24 heavy (non-hydrogen) atoms. The Bertz CT molecular complexity index is 691. The van der Waals surface area contributed by atoms with Gasteiger partial charge < -0.3 is 5.32 Å². The zero-order valence-corrected chi connectivity index (χ0v) is 13.8. The van der Waals surface area contributed by atoms with Gasteiger partial charge >= 0.3 is 12.2 Å². The second-order valence-corrected chi connectivity index (χ2v) is 6.52. The number of hydrogen-bond acceptors (Lipinski definition) is 4. The summed E-state index contributed by atoms with van der Waals surface area (Å²) in [7, 11) is 0. The SMILES string of the molecule is O=C(NCCSCc1ccccc1F)Nc1nc(C(F)(F)F)cs1. The number of thiazole rings is 1. The molecule has 0 unspecified atom stereocenters. The van der Waals surface area contributed by atoms with Gasteiger partial charge in [0, 0.05) is 23.4 Å². The number of nitrogens with zero attached hydrogens (tertiary/aromatic N) is 1. The number of carbonyl (C=O) groups excluding carboxylic acids is 1. The summed E-state index contributed by atoms with van der Waals surface area (Å²) in [6.07, 6.45) is -4.53. The molecule has 2 N–H and O–H groups in total. The number of rotatable bonds is 6. The molecule has 0 spiro atoms. The lowest BCUT2D eigenvalue weighted by Gasteiger charge is -2.06. The van der Waals surface area contributed by atoms with E-state index in [0.29, 0.717) is 35.0 Å². The standard InChI is InChI=1S/C14H13F4N3OS2/c15-10-4-2-1-3-9(10)7-23-6-5-19-12(22)21-13-20-11(8-24-13)14(16,17)18/h1-4,8H,5-7H2,(H2,19,20,21,22). The third-order valence-corrected chi connectivity index (χ3v) is 4.53. The first-order chi connectivity index (χ1) is 11.4. The van der Waals surface area contributed by atoms with Crippen molar-refractivity contribution < 1.29 is 22.4 Å². The van der Waals surface area contributed by atoms with Crippen LogP contribution in [0.1, 0.15) is 11.3 Å². The second-order valence-electron chi connectivity index (χ2n) is 4.56. The van der Waals surface area contributed by atoms with Gasteiger partial charge in [-0.2, -0.15) is 24.9 Å². The molecule has 0 bridgehead atoms. The number of alkyl halides is 3. The van der Waals surface area contributed by atoms with Crippen LogP contribution < -0.4 is 10.6 Å². The summed E-state index contributed by atoms with van der Waals surface area (Å²) in [5.41, 5.74) is -0.460. The number of amides is 2. The number of halogens is 4. The van der Waals surface area contributed by atoms with E-state index < -0.39 is 17.9 Å². The van der Waals surface area contributed by atoms with Crippen molar-refractivity contribution in [2.24, 2.45) is 0 Å². The average molecular weight is 379 g/mol. The highest BCUT2D eigenvalue weighted by Crippen LogP contribution is 2.31. The Balaban J connectivity index is 1.67. The van der Waals surface area contributed by atoms with Crippen LogP contribution >= 0.6 is 23.1 Å². The molecule has 1 aromatic heterocycles. The molecule has 0 atom stereocenters. The van der Waals surface area contributed by atoms with Crippen molar-refractivity contribution in [3.05, 3.63) is 46.7 Å². The highest BCUT2D eigenvalue weighted by Gasteiger charge is 2.33. The number of hydrogen-bond donors (Lipinski definition) is 2. The third kappa shape index (κ3) is 5.68. The molecule has 2 aromatic rings. The molecule has 0 aliphatic heterocycles. The molecular formula is C14H13F4N3OS2. The molecular weight excluding hydrogens is 366 g/mol. The zero-order valence-electron chi connectivity index (χ0n) is 12.2. The van der Waals surface area contributed by atoms with Gasteiger partial charge in [-0.1, -0.05) is 18.2 Å². The Morgan fingerprint density at radius 1 is 1.29 bits per heavy atom. The van der Waals surface area contributed by atoms with E-state index in [1.54, 1.807) is 18.2 Å². The van der Waals surface area contributed by atoms with Crippen LogP contribution in [-0.4, -0.2) is 23.3 Å². The largest absolute Gasteiger partial charge is 0.434 e. The zero-order chi connectivity index (χ0) is 17.6. The maximum atomic E-state index is 13.4. The van der Waals surface area contributed by atoms with Crippen LogP contribution in [0.4, 0.5) is 27.5 Å². The highest BCUT2D eigenvalue weighted by atomic mass is 32.2. The molecule has 2 rings (SSSR count). The minimum Gasteiger partial charge on any atom is -0.337 e. The van der Waals surface area contributed by atoms with Crippen molar-refractivity contribution in [3.63, 3.8) is 0 Å². The maximum Gasteiger partial charge on any atom is 0.434 e. The normalized spacial score (nSPS) is 11.3. The van der Waals surface area contributed by atoms with E-state index >= 15 is 0 Å². The number of benzene rings is 1. The average Bonchev–Trinajstić information content (AvgIpc) is 2.97. The number of carbonyl (C=O) groups is 1. The van der Waals surface area contributed by atoms with Crippen LogP contribution in [0, 0.1) is 5.82 Å². The molecule has 4 nitrogen and oxygen atoms in total. The van der Waals surface area contributed by atoms with Crippen LogP contribution in [0.3, 0.4) is 0 Å². The minimum absolute atomic E-state index is 0.126. The first-order valence-corrected chi connectivity index (χ1v) is 8.78. The van der Waals surface area contributed by atoms with Gasteiger partial charge in [-0.3, -0.25) is 5.32 Å². The van der Waals surface area contributed by atoms with E-state index in [9.17, 15) is 22.4 Å². The molecule has 130 valence electrons. The number of nitrogens with one attached hydrogen (secondary N) is 2. The molecule has 0 saturated heterocycles. The number of aromatic nitrogens is 1. The van der Waals surface area contributed by atoms with E-state index in [-0.39, 0.29) is 10.9 Å². The van der Waals surface area contributed by atoms with Gasteiger partial charge in [-0.25, -0.2) is 14.2 Å². The fourth-order valence-corrected chi connectivity index (χ4v) is 3.19. The smallest absolute Gasteiger partial charge is 0.337 e. The van der Waals surface area contributed by atoms with Gasteiger partial charge in [-0.05, 0) is 11.6 Å². The first kappa shape index (κ1) is 18.5. The summed E-state index contributed by atoms with van der Waals surface area (Å²) in [5, 5.41) is 5.45. The molecule has 10 heteroatoms. The summed E-state index contributed by atoms with van der Waals surface area (Å²) in [4.78, 5) is 14.8.